The van der Waals surface area contributed by atoms with Crippen LogP contribution in [0.15, 0.2) is 15.7 Å². The van der Waals surface area contributed by atoms with Crippen LogP contribution in [-0.2, 0) is 16.6 Å². The van der Waals surface area contributed by atoms with Crippen molar-refractivity contribution in [2.45, 2.75) is 37.9 Å². The zero-order valence-electron chi connectivity index (χ0n) is 10.5. The van der Waals surface area contributed by atoms with Crippen LogP contribution in [0.2, 0.25) is 0 Å². The lowest BCUT2D eigenvalue weighted by molar-refractivity contribution is 0.350. The van der Waals surface area contributed by atoms with Gasteiger partial charge in [0.15, 0.2) is 0 Å². The molecule has 0 radical (unpaired) electrons. The summed E-state index contributed by atoms with van der Waals surface area (Å²) >= 11 is 1.21. The Morgan fingerprint density at radius 3 is 2.59 bits per heavy atom. The van der Waals surface area contributed by atoms with Gasteiger partial charge >= 0.3 is 0 Å². The van der Waals surface area contributed by atoms with E-state index in [-0.39, 0.29) is 5.41 Å². The average Bonchev–Trinajstić information content (AvgIpc) is 2.76. The smallest absolute Gasteiger partial charge is 0.250 e. The number of hydrogen-bond donors (Lipinski definition) is 2. The third kappa shape index (κ3) is 4.06. The lowest BCUT2D eigenvalue weighted by atomic mass is 9.91. The molecule has 0 unspecified atom stereocenters. The SMILES string of the molecule is CCC(C)(C)CNS(=O)(=O)c1cc(CN)cs1. The summed E-state index contributed by atoms with van der Waals surface area (Å²) in [4.78, 5) is 0. The maximum Gasteiger partial charge on any atom is 0.250 e. The molecular weight excluding hydrogens is 256 g/mol. The summed E-state index contributed by atoms with van der Waals surface area (Å²) in [5.74, 6) is 0. The maximum absolute atomic E-state index is 12.0. The lowest BCUT2D eigenvalue weighted by Gasteiger charge is -2.22. The molecule has 3 N–H and O–H groups in total. The van der Waals surface area contributed by atoms with Gasteiger partial charge in [0.2, 0.25) is 10.0 Å². The van der Waals surface area contributed by atoms with Crippen molar-refractivity contribution in [1.82, 2.24) is 4.72 Å². The van der Waals surface area contributed by atoms with E-state index in [1.54, 1.807) is 11.4 Å². The molecule has 0 saturated carbocycles. The van der Waals surface area contributed by atoms with E-state index in [0.29, 0.717) is 17.3 Å². The van der Waals surface area contributed by atoms with Crippen LogP contribution in [0.5, 0.6) is 0 Å². The normalized spacial score (nSPS) is 12.9. The van der Waals surface area contributed by atoms with Gasteiger partial charge in [-0.05, 0) is 28.8 Å². The first kappa shape index (κ1) is 14.6. The minimum absolute atomic E-state index is 0.0268. The second kappa shape index (κ2) is 5.48. The van der Waals surface area contributed by atoms with Gasteiger partial charge in [-0.1, -0.05) is 20.8 Å². The molecule has 1 aromatic rings. The van der Waals surface area contributed by atoms with Gasteiger partial charge in [0.25, 0.3) is 0 Å². The van der Waals surface area contributed by atoms with Gasteiger partial charge in [0.05, 0.1) is 0 Å². The summed E-state index contributed by atoms with van der Waals surface area (Å²) in [7, 11) is -3.38. The predicted molar refractivity (Wildman–Crippen MR) is 71.5 cm³/mol. The monoisotopic (exact) mass is 276 g/mol. The molecule has 1 rings (SSSR count). The number of sulfonamides is 1. The van der Waals surface area contributed by atoms with E-state index in [9.17, 15) is 8.42 Å². The molecule has 0 aliphatic rings. The Bertz CT molecular complexity index is 464. The summed E-state index contributed by atoms with van der Waals surface area (Å²) < 4.78 is 26.9. The highest BCUT2D eigenvalue weighted by atomic mass is 32.2. The van der Waals surface area contributed by atoms with Gasteiger partial charge in [0, 0.05) is 13.1 Å². The van der Waals surface area contributed by atoms with E-state index in [2.05, 4.69) is 4.72 Å². The van der Waals surface area contributed by atoms with Crippen molar-refractivity contribution in [3.63, 3.8) is 0 Å². The van der Waals surface area contributed by atoms with E-state index in [1.165, 1.54) is 11.3 Å². The van der Waals surface area contributed by atoms with Crippen molar-refractivity contribution in [2.24, 2.45) is 11.1 Å². The Kier molecular flexibility index (Phi) is 4.71. The molecule has 0 aromatic carbocycles. The molecule has 0 spiro atoms. The lowest BCUT2D eigenvalue weighted by Crippen LogP contribution is -2.33. The molecule has 98 valence electrons. The topological polar surface area (TPSA) is 72.2 Å². The number of thiophene rings is 1. The molecule has 4 nitrogen and oxygen atoms in total. The zero-order chi connectivity index (χ0) is 13.1. The van der Waals surface area contributed by atoms with E-state index in [1.807, 2.05) is 20.8 Å². The molecule has 0 aliphatic carbocycles. The van der Waals surface area contributed by atoms with Gasteiger partial charge in [-0.2, -0.15) is 0 Å². The van der Waals surface area contributed by atoms with Gasteiger partial charge in [-0.15, -0.1) is 11.3 Å². The molecule has 17 heavy (non-hydrogen) atoms. The van der Waals surface area contributed by atoms with Crippen LogP contribution in [0.4, 0.5) is 0 Å². The highest BCUT2D eigenvalue weighted by molar-refractivity contribution is 7.91. The minimum atomic E-state index is -3.38. The van der Waals surface area contributed by atoms with Crippen LogP contribution in [0, 0.1) is 5.41 Å². The Balaban J connectivity index is 2.76. The summed E-state index contributed by atoms with van der Waals surface area (Å²) in [6, 6.07) is 1.63. The Morgan fingerprint density at radius 1 is 1.47 bits per heavy atom. The fourth-order valence-electron chi connectivity index (χ4n) is 1.09. The third-order valence-corrected chi connectivity index (χ3v) is 5.72. The molecule has 0 atom stereocenters. The van der Waals surface area contributed by atoms with Gasteiger partial charge in [-0.3, -0.25) is 0 Å². The Hall–Kier alpha value is -0.430. The molecule has 0 bridgehead atoms. The molecule has 0 aliphatic heterocycles. The minimum Gasteiger partial charge on any atom is -0.326 e. The van der Waals surface area contributed by atoms with Crippen molar-refractivity contribution in [2.75, 3.05) is 6.54 Å². The average molecular weight is 276 g/mol. The first-order valence-electron chi connectivity index (χ1n) is 5.58. The molecule has 0 saturated heterocycles. The second-order valence-electron chi connectivity index (χ2n) is 4.82. The molecule has 0 fully saturated rings. The standard InChI is InChI=1S/C11H20N2O2S2/c1-4-11(2,3)8-13-17(14,15)10-5-9(6-12)7-16-10/h5,7,13H,4,6,8,12H2,1-3H3. The van der Waals surface area contributed by atoms with Crippen molar-refractivity contribution < 1.29 is 8.42 Å². The van der Waals surface area contributed by atoms with Crippen molar-refractivity contribution in [1.29, 1.82) is 0 Å². The molecule has 1 aromatic heterocycles. The number of hydrogen-bond acceptors (Lipinski definition) is 4. The highest BCUT2D eigenvalue weighted by Gasteiger charge is 2.21. The summed E-state index contributed by atoms with van der Waals surface area (Å²) in [6.07, 6.45) is 0.925. The zero-order valence-corrected chi connectivity index (χ0v) is 12.1. The van der Waals surface area contributed by atoms with E-state index < -0.39 is 10.0 Å². The Labute approximate surface area is 107 Å². The van der Waals surface area contributed by atoms with E-state index in [0.717, 1.165) is 12.0 Å². The predicted octanol–water partition coefficient (Wildman–Crippen LogP) is 1.92. The number of rotatable bonds is 6. The van der Waals surface area contributed by atoms with Crippen LogP contribution in [0.25, 0.3) is 0 Å². The van der Waals surface area contributed by atoms with Crippen molar-refractivity contribution >= 4 is 21.4 Å². The fourth-order valence-corrected chi connectivity index (χ4v) is 3.60. The molecule has 0 amide bonds. The van der Waals surface area contributed by atoms with Gasteiger partial charge in [0.1, 0.15) is 4.21 Å². The van der Waals surface area contributed by atoms with Crippen LogP contribution < -0.4 is 10.5 Å². The summed E-state index contributed by atoms with van der Waals surface area (Å²) in [6.45, 7) is 6.94. The largest absolute Gasteiger partial charge is 0.326 e. The van der Waals surface area contributed by atoms with Crippen LogP contribution in [-0.4, -0.2) is 15.0 Å². The van der Waals surface area contributed by atoms with Gasteiger partial charge in [-0.25, -0.2) is 13.1 Å². The Morgan fingerprint density at radius 2 is 2.12 bits per heavy atom. The highest BCUT2D eigenvalue weighted by Crippen LogP contribution is 2.22. The quantitative estimate of drug-likeness (QED) is 0.834. The van der Waals surface area contributed by atoms with E-state index in [4.69, 9.17) is 5.73 Å². The molecular formula is C11H20N2O2S2. The van der Waals surface area contributed by atoms with Gasteiger partial charge < -0.3 is 5.73 Å². The van der Waals surface area contributed by atoms with Crippen LogP contribution >= 0.6 is 11.3 Å². The second-order valence-corrected chi connectivity index (χ2v) is 7.73. The maximum atomic E-state index is 12.0. The molecule has 1 heterocycles. The van der Waals surface area contributed by atoms with Crippen molar-refractivity contribution in [3.8, 4) is 0 Å². The molecule has 6 heteroatoms. The van der Waals surface area contributed by atoms with Crippen LogP contribution in [0.3, 0.4) is 0 Å². The fraction of sp³-hybridized carbons (Fsp3) is 0.636. The van der Waals surface area contributed by atoms with Crippen molar-refractivity contribution in [3.05, 3.63) is 17.0 Å². The number of nitrogens with one attached hydrogen (secondary N) is 1. The summed E-state index contributed by atoms with van der Waals surface area (Å²) in [5.41, 5.74) is 6.29. The first-order chi connectivity index (χ1) is 7.80. The third-order valence-electron chi connectivity index (χ3n) is 2.83. The van der Waals surface area contributed by atoms with E-state index >= 15 is 0 Å². The summed E-state index contributed by atoms with van der Waals surface area (Å²) in [5, 5.41) is 1.78. The first-order valence-corrected chi connectivity index (χ1v) is 7.94. The number of nitrogens with two attached hydrogens (primary N) is 1. The van der Waals surface area contributed by atoms with Crippen LogP contribution in [0.1, 0.15) is 32.8 Å².